The number of amides is 3. The molecule has 6 nitrogen and oxygen atoms in total. The lowest BCUT2D eigenvalue weighted by molar-refractivity contribution is -0.125. The van der Waals surface area contributed by atoms with Crippen molar-refractivity contribution < 1.29 is 18.7 Å². The number of hydrogen-bond acceptors (Lipinski definition) is 4. The van der Waals surface area contributed by atoms with Gasteiger partial charge >= 0.3 is 6.03 Å². The van der Waals surface area contributed by atoms with Crippen LogP contribution in [0.1, 0.15) is 12.0 Å². The second kappa shape index (κ2) is 3.34. The van der Waals surface area contributed by atoms with E-state index in [9.17, 15) is 14.0 Å². The summed E-state index contributed by atoms with van der Waals surface area (Å²) in [6.45, 7) is 0.219. The van der Waals surface area contributed by atoms with Gasteiger partial charge in [-0.15, -0.1) is 0 Å². The predicted octanol–water partition coefficient (Wildman–Crippen LogP) is 0.225. The van der Waals surface area contributed by atoms with Gasteiger partial charge in [0, 0.05) is 18.1 Å². The van der Waals surface area contributed by atoms with Crippen LogP contribution in [0.4, 0.5) is 14.9 Å². The maximum Gasteiger partial charge on any atom is 0.322 e. The van der Waals surface area contributed by atoms with Gasteiger partial charge in [-0.3, -0.25) is 10.1 Å². The van der Waals surface area contributed by atoms with E-state index in [0.717, 1.165) is 12.1 Å². The molecular weight excluding hydrogens is 241 g/mol. The van der Waals surface area contributed by atoms with Gasteiger partial charge in [-0.05, 0) is 6.07 Å². The van der Waals surface area contributed by atoms with E-state index >= 15 is 0 Å². The molecule has 0 saturated carbocycles. The molecule has 4 N–H and O–H groups in total. The third kappa shape index (κ3) is 1.27. The number of imide groups is 1. The van der Waals surface area contributed by atoms with E-state index < -0.39 is 23.3 Å². The molecule has 0 radical (unpaired) electrons. The molecule has 3 rings (SSSR count). The molecule has 0 aliphatic carbocycles. The standard InChI is InChI=1S/C11H10FN3O3/c12-5-3-6-8(7(13)4-5)18-2-1-11(6)9(16)14-10(17)15-11/h3-4H,1-2,13H2,(H2,14,15,16,17)/t11-/m0/s1. The number of anilines is 1. The molecule has 2 heterocycles. The number of benzene rings is 1. The first-order chi connectivity index (χ1) is 8.53. The van der Waals surface area contributed by atoms with E-state index in [1.54, 1.807) is 0 Å². The van der Waals surface area contributed by atoms with Crippen molar-refractivity contribution in [3.05, 3.63) is 23.5 Å². The Morgan fingerprint density at radius 3 is 2.83 bits per heavy atom. The molecule has 1 atom stereocenters. The number of ether oxygens (including phenoxy) is 1. The molecule has 2 aliphatic rings. The molecule has 18 heavy (non-hydrogen) atoms. The average Bonchev–Trinajstić information content (AvgIpc) is 2.56. The van der Waals surface area contributed by atoms with Gasteiger partial charge < -0.3 is 15.8 Å². The third-order valence-corrected chi connectivity index (χ3v) is 3.21. The van der Waals surface area contributed by atoms with Gasteiger partial charge in [-0.2, -0.15) is 0 Å². The highest BCUT2D eigenvalue weighted by atomic mass is 19.1. The van der Waals surface area contributed by atoms with Crippen LogP contribution in [-0.2, 0) is 10.3 Å². The smallest absolute Gasteiger partial charge is 0.322 e. The Morgan fingerprint density at radius 1 is 1.39 bits per heavy atom. The van der Waals surface area contributed by atoms with E-state index in [1.807, 2.05) is 0 Å². The minimum atomic E-state index is -1.28. The number of nitrogen functional groups attached to an aromatic ring is 1. The fraction of sp³-hybridized carbons (Fsp3) is 0.273. The molecule has 0 unspecified atom stereocenters. The van der Waals surface area contributed by atoms with Crippen LogP contribution in [-0.4, -0.2) is 18.5 Å². The summed E-state index contributed by atoms with van der Waals surface area (Å²) < 4.78 is 18.8. The van der Waals surface area contributed by atoms with Crippen LogP contribution in [0.5, 0.6) is 5.75 Å². The SMILES string of the molecule is Nc1cc(F)cc2c1OCC[C@]21NC(=O)NC1=O. The molecule has 94 valence electrons. The number of carbonyl (C=O) groups is 2. The van der Waals surface area contributed by atoms with E-state index in [1.165, 1.54) is 0 Å². The monoisotopic (exact) mass is 251 g/mol. The lowest BCUT2D eigenvalue weighted by atomic mass is 9.84. The van der Waals surface area contributed by atoms with E-state index in [4.69, 9.17) is 10.5 Å². The van der Waals surface area contributed by atoms with E-state index in [0.29, 0.717) is 0 Å². The Balaban J connectivity index is 2.23. The van der Waals surface area contributed by atoms with Crippen LogP contribution in [0.15, 0.2) is 12.1 Å². The Labute approximate surface area is 101 Å². The number of halogens is 1. The normalized spacial score (nSPS) is 25.4. The lowest BCUT2D eigenvalue weighted by Crippen LogP contribution is -2.47. The highest BCUT2D eigenvalue weighted by molar-refractivity contribution is 6.08. The second-order valence-electron chi connectivity index (χ2n) is 4.28. The predicted molar refractivity (Wildman–Crippen MR) is 59.3 cm³/mol. The molecule has 3 amide bonds. The lowest BCUT2D eigenvalue weighted by Gasteiger charge is -2.33. The minimum absolute atomic E-state index is 0.109. The first-order valence-corrected chi connectivity index (χ1v) is 5.39. The topological polar surface area (TPSA) is 93.4 Å². The fourth-order valence-electron chi connectivity index (χ4n) is 2.39. The van der Waals surface area contributed by atoms with Crippen molar-refractivity contribution in [1.29, 1.82) is 0 Å². The van der Waals surface area contributed by atoms with Crippen molar-refractivity contribution in [3.8, 4) is 5.75 Å². The van der Waals surface area contributed by atoms with Gasteiger partial charge in [0.2, 0.25) is 0 Å². The number of nitrogens with one attached hydrogen (secondary N) is 2. The van der Waals surface area contributed by atoms with Crippen molar-refractivity contribution in [2.45, 2.75) is 12.0 Å². The van der Waals surface area contributed by atoms with Gasteiger partial charge in [0.25, 0.3) is 5.91 Å². The number of nitrogens with two attached hydrogens (primary N) is 1. The highest BCUT2D eigenvalue weighted by Gasteiger charge is 2.51. The van der Waals surface area contributed by atoms with Gasteiger partial charge in [-0.25, -0.2) is 9.18 Å². The zero-order valence-electron chi connectivity index (χ0n) is 9.25. The molecule has 1 aromatic carbocycles. The highest BCUT2D eigenvalue weighted by Crippen LogP contribution is 2.42. The van der Waals surface area contributed by atoms with Crippen LogP contribution in [0.25, 0.3) is 0 Å². The minimum Gasteiger partial charge on any atom is -0.491 e. The van der Waals surface area contributed by atoms with Crippen molar-refractivity contribution in [3.63, 3.8) is 0 Å². The van der Waals surface area contributed by atoms with Crippen molar-refractivity contribution in [2.24, 2.45) is 0 Å². The summed E-state index contributed by atoms with van der Waals surface area (Å²) in [4.78, 5) is 23.2. The third-order valence-electron chi connectivity index (χ3n) is 3.21. The molecular formula is C11H10FN3O3. The number of hydrogen-bond donors (Lipinski definition) is 3. The maximum atomic E-state index is 13.4. The number of urea groups is 1. The molecule has 0 aromatic heterocycles. The summed E-state index contributed by atoms with van der Waals surface area (Å²) in [6, 6.07) is 1.68. The molecule has 1 aromatic rings. The first kappa shape index (κ1) is 10.8. The quantitative estimate of drug-likeness (QED) is 0.454. The summed E-state index contributed by atoms with van der Waals surface area (Å²) in [5.41, 5.74) is 4.76. The molecule has 1 saturated heterocycles. The van der Waals surface area contributed by atoms with Crippen LogP contribution in [0, 0.1) is 5.82 Å². The number of rotatable bonds is 0. The number of fused-ring (bicyclic) bond motifs is 2. The number of carbonyl (C=O) groups excluding carboxylic acids is 2. The largest absolute Gasteiger partial charge is 0.491 e. The molecule has 1 spiro atoms. The van der Waals surface area contributed by atoms with Crippen molar-refractivity contribution >= 4 is 17.6 Å². The summed E-state index contributed by atoms with van der Waals surface area (Å²) in [6.07, 6.45) is 0.237. The van der Waals surface area contributed by atoms with Gasteiger partial charge in [0.05, 0.1) is 12.3 Å². The van der Waals surface area contributed by atoms with Gasteiger partial charge in [0.15, 0.2) is 5.54 Å². The Bertz CT molecular complexity index is 575. The Morgan fingerprint density at radius 2 is 2.17 bits per heavy atom. The van der Waals surface area contributed by atoms with E-state index in [-0.39, 0.29) is 30.0 Å². The fourth-order valence-corrected chi connectivity index (χ4v) is 2.39. The van der Waals surface area contributed by atoms with E-state index in [2.05, 4.69) is 10.6 Å². The zero-order valence-corrected chi connectivity index (χ0v) is 9.25. The second-order valence-corrected chi connectivity index (χ2v) is 4.28. The van der Waals surface area contributed by atoms with Gasteiger partial charge in [0.1, 0.15) is 11.6 Å². The first-order valence-electron chi connectivity index (χ1n) is 5.39. The molecule has 2 aliphatic heterocycles. The Kier molecular flexibility index (Phi) is 2.01. The van der Waals surface area contributed by atoms with Crippen LogP contribution >= 0.6 is 0 Å². The van der Waals surface area contributed by atoms with Crippen LogP contribution in [0.2, 0.25) is 0 Å². The Hall–Kier alpha value is -2.31. The summed E-state index contributed by atoms with van der Waals surface area (Å²) in [7, 11) is 0. The summed E-state index contributed by atoms with van der Waals surface area (Å²) in [5.74, 6) is -0.841. The maximum absolute atomic E-state index is 13.4. The molecule has 7 heteroatoms. The zero-order chi connectivity index (χ0) is 12.9. The summed E-state index contributed by atoms with van der Waals surface area (Å²) in [5, 5.41) is 4.68. The molecule has 1 fully saturated rings. The molecule has 0 bridgehead atoms. The van der Waals surface area contributed by atoms with Gasteiger partial charge in [-0.1, -0.05) is 0 Å². The van der Waals surface area contributed by atoms with Crippen molar-refractivity contribution in [2.75, 3.05) is 12.3 Å². The van der Waals surface area contributed by atoms with Crippen LogP contribution < -0.4 is 21.1 Å². The summed E-state index contributed by atoms with van der Waals surface area (Å²) >= 11 is 0. The average molecular weight is 251 g/mol. The van der Waals surface area contributed by atoms with Crippen LogP contribution in [0.3, 0.4) is 0 Å². The van der Waals surface area contributed by atoms with Crippen molar-refractivity contribution in [1.82, 2.24) is 10.6 Å².